The first kappa shape index (κ1) is 13.0. The number of carbonyl (C=O) groups excluding carboxylic acids is 2. The maximum atomic E-state index is 12.1. The number of nitrogens with zero attached hydrogens (tertiary/aromatic N) is 2. The number of hydrogen-bond acceptors (Lipinski definition) is 4. The highest BCUT2D eigenvalue weighted by Crippen LogP contribution is 2.35. The van der Waals surface area contributed by atoms with Crippen molar-refractivity contribution in [1.29, 1.82) is 0 Å². The molecule has 5 nitrogen and oxygen atoms in total. The first-order valence-corrected chi connectivity index (χ1v) is 7.15. The summed E-state index contributed by atoms with van der Waals surface area (Å²) in [6.07, 6.45) is 1.03. The molecule has 1 aromatic rings. The van der Waals surface area contributed by atoms with Gasteiger partial charge in [0.15, 0.2) is 0 Å². The Kier molecular flexibility index (Phi) is 3.34. The molecule has 0 aliphatic carbocycles. The fourth-order valence-corrected chi connectivity index (χ4v) is 3.08. The average molecular weight is 273 g/mol. The minimum absolute atomic E-state index is 0.160. The highest BCUT2D eigenvalue weighted by molar-refractivity contribution is 6.02. The molecular weight excluding hydrogens is 254 g/mol. The number of rotatable bonds is 2. The van der Waals surface area contributed by atoms with Gasteiger partial charge in [0.1, 0.15) is 6.04 Å². The van der Waals surface area contributed by atoms with E-state index in [0.29, 0.717) is 12.8 Å². The smallest absolute Gasteiger partial charge is 0.249 e. The molecule has 3 rings (SSSR count). The van der Waals surface area contributed by atoms with Gasteiger partial charge in [0.05, 0.1) is 11.4 Å². The van der Waals surface area contributed by atoms with Crippen LogP contribution in [0.2, 0.25) is 0 Å². The van der Waals surface area contributed by atoms with Crippen LogP contribution in [0.3, 0.4) is 0 Å². The van der Waals surface area contributed by atoms with Crippen molar-refractivity contribution in [3.8, 4) is 0 Å². The molecule has 0 radical (unpaired) electrons. The molecular formula is C15H19N3O2. The molecule has 1 fully saturated rings. The largest absolute Gasteiger partial charge is 0.368 e. The number of fused-ring (bicyclic) bond motifs is 1. The van der Waals surface area contributed by atoms with E-state index in [1.807, 2.05) is 12.1 Å². The van der Waals surface area contributed by atoms with E-state index in [1.165, 1.54) is 5.69 Å². The van der Waals surface area contributed by atoms with Crippen LogP contribution >= 0.6 is 0 Å². The van der Waals surface area contributed by atoms with Crippen LogP contribution in [-0.4, -0.2) is 37.5 Å². The third-order valence-electron chi connectivity index (χ3n) is 4.11. The van der Waals surface area contributed by atoms with E-state index in [4.69, 9.17) is 0 Å². The molecule has 5 heteroatoms. The summed E-state index contributed by atoms with van der Waals surface area (Å²) in [4.78, 5) is 27.8. The van der Waals surface area contributed by atoms with Crippen LogP contribution in [0.25, 0.3) is 0 Å². The molecule has 2 aliphatic rings. The Morgan fingerprint density at radius 2 is 1.95 bits per heavy atom. The predicted molar refractivity (Wildman–Crippen MR) is 77.8 cm³/mol. The zero-order valence-corrected chi connectivity index (χ0v) is 11.6. The number of carbonyl (C=O) groups is 2. The Bertz CT molecular complexity index is 544. The summed E-state index contributed by atoms with van der Waals surface area (Å²) in [5, 5.41) is 2.45. The summed E-state index contributed by atoms with van der Waals surface area (Å²) in [5.74, 6) is -0.326. The maximum Gasteiger partial charge on any atom is 0.249 e. The number of likely N-dealkylation sites (N-methyl/N-ethyl adjacent to an activating group) is 1. The molecule has 2 aliphatic heterocycles. The summed E-state index contributed by atoms with van der Waals surface area (Å²) in [6.45, 7) is 4.82. The second-order valence-electron chi connectivity index (χ2n) is 5.23. The number of benzene rings is 1. The Hall–Kier alpha value is -2.04. The van der Waals surface area contributed by atoms with Crippen LogP contribution < -0.4 is 15.1 Å². The van der Waals surface area contributed by atoms with Crippen molar-refractivity contribution in [1.82, 2.24) is 5.32 Å². The molecule has 2 heterocycles. The Morgan fingerprint density at radius 3 is 2.65 bits per heavy atom. The second-order valence-corrected chi connectivity index (χ2v) is 5.23. The summed E-state index contributed by atoms with van der Waals surface area (Å²) in [6, 6.07) is 7.94. The van der Waals surface area contributed by atoms with Gasteiger partial charge in [-0.15, -0.1) is 0 Å². The van der Waals surface area contributed by atoms with Gasteiger partial charge in [-0.2, -0.15) is 0 Å². The zero-order valence-electron chi connectivity index (χ0n) is 11.6. The maximum absolute atomic E-state index is 12.1. The third kappa shape index (κ3) is 2.13. The van der Waals surface area contributed by atoms with Crippen LogP contribution in [-0.2, 0) is 9.59 Å². The molecule has 20 heavy (non-hydrogen) atoms. The van der Waals surface area contributed by atoms with E-state index in [1.54, 1.807) is 0 Å². The van der Waals surface area contributed by atoms with Crippen LogP contribution in [0.1, 0.15) is 19.8 Å². The van der Waals surface area contributed by atoms with Crippen LogP contribution in [0.15, 0.2) is 24.3 Å². The summed E-state index contributed by atoms with van der Waals surface area (Å²) in [5.41, 5.74) is 2.26. The minimum Gasteiger partial charge on any atom is -0.368 e. The highest BCUT2D eigenvalue weighted by Gasteiger charge is 2.34. The fraction of sp³-hybridized carbons (Fsp3) is 0.467. The molecule has 1 atom stereocenters. The molecule has 0 spiro atoms. The van der Waals surface area contributed by atoms with Gasteiger partial charge in [0, 0.05) is 26.1 Å². The van der Waals surface area contributed by atoms with Crippen LogP contribution in [0.5, 0.6) is 0 Å². The molecule has 0 aromatic heterocycles. The number of nitrogens with one attached hydrogen (secondary N) is 1. The minimum atomic E-state index is -0.229. The van der Waals surface area contributed by atoms with E-state index >= 15 is 0 Å². The number of hydrogen-bond donors (Lipinski definition) is 1. The molecule has 0 bridgehead atoms. The average Bonchev–Trinajstić information content (AvgIpc) is 2.47. The predicted octanol–water partition coefficient (Wildman–Crippen LogP) is 1.14. The lowest BCUT2D eigenvalue weighted by Gasteiger charge is -2.42. The topological polar surface area (TPSA) is 52.6 Å². The van der Waals surface area contributed by atoms with Gasteiger partial charge in [0.2, 0.25) is 11.8 Å². The number of amides is 2. The molecule has 1 saturated heterocycles. The van der Waals surface area contributed by atoms with Gasteiger partial charge in [-0.05, 0) is 25.5 Å². The zero-order chi connectivity index (χ0) is 14.1. The number of anilines is 2. The van der Waals surface area contributed by atoms with E-state index in [2.05, 4.69) is 34.2 Å². The van der Waals surface area contributed by atoms with Crippen LogP contribution in [0, 0.1) is 0 Å². The molecule has 1 N–H and O–H groups in total. The van der Waals surface area contributed by atoms with Gasteiger partial charge in [0.25, 0.3) is 0 Å². The summed E-state index contributed by atoms with van der Waals surface area (Å²) < 4.78 is 0. The van der Waals surface area contributed by atoms with Crippen molar-refractivity contribution < 1.29 is 9.59 Å². The SMILES string of the molecule is CCN1CCN(C2CCC(=O)NC2=O)c2ccccc21. The van der Waals surface area contributed by atoms with Crippen LogP contribution in [0.4, 0.5) is 11.4 Å². The molecule has 0 saturated carbocycles. The van der Waals surface area contributed by atoms with Gasteiger partial charge in [-0.1, -0.05) is 12.1 Å². The Balaban J connectivity index is 1.92. The van der Waals surface area contributed by atoms with E-state index in [-0.39, 0.29) is 17.9 Å². The van der Waals surface area contributed by atoms with E-state index < -0.39 is 0 Å². The van der Waals surface area contributed by atoms with Crippen molar-refractivity contribution in [3.05, 3.63) is 24.3 Å². The standard InChI is InChI=1S/C15H19N3O2/c1-2-17-9-10-18(12-6-4-3-5-11(12)17)13-7-8-14(19)16-15(13)20/h3-6,13H,2,7-10H2,1H3,(H,16,19,20). The van der Waals surface area contributed by atoms with Crippen molar-refractivity contribution >= 4 is 23.2 Å². The molecule has 2 amide bonds. The van der Waals surface area contributed by atoms with Crippen molar-refractivity contribution in [2.24, 2.45) is 0 Å². The van der Waals surface area contributed by atoms with Gasteiger partial charge in [-0.25, -0.2) is 0 Å². The lowest BCUT2D eigenvalue weighted by atomic mass is 10.0. The van der Waals surface area contributed by atoms with Gasteiger partial charge < -0.3 is 9.80 Å². The monoisotopic (exact) mass is 273 g/mol. The fourth-order valence-electron chi connectivity index (χ4n) is 3.08. The quantitative estimate of drug-likeness (QED) is 0.821. The van der Waals surface area contributed by atoms with Crippen molar-refractivity contribution in [3.63, 3.8) is 0 Å². The van der Waals surface area contributed by atoms with Gasteiger partial charge in [-0.3, -0.25) is 14.9 Å². The van der Waals surface area contributed by atoms with E-state index in [9.17, 15) is 9.59 Å². The number of imide groups is 1. The summed E-state index contributed by atoms with van der Waals surface area (Å²) >= 11 is 0. The van der Waals surface area contributed by atoms with Crippen molar-refractivity contribution in [2.75, 3.05) is 29.4 Å². The van der Waals surface area contributed by atoms with Gasteiger partial charge >= 0.3 is 0 Å². The third-order valence-corrected chi connectivity index (χ3v) is 4.11. The van der Waals surface area contributed by atoms with Crippen molar-refractivity contribution in [2.45, 2.75) is 25.8 Å². The highest BCUT2D eigenvalue weighted by atomic mass is 16.2. The second kappa shape index (κ2) is 5.15. The number of para-hydroxylation sites is 2. The first-order valence-electron chi connectivity index (χ1n) is 7.15. The summed E-state index contributed by atoms with van der Waals surface area (Å²) in [7, 11) is 0. The number of piperidine rings is 1. The van der Waals surface area contributed by atoms with E-state index in [0.717, 1.165) is 25.3 Å². The first-order chi connectivity index (χ1) is 9.70. The lowest BCUT2D eigenvalue weighted by molar-refractivity contribution is -0.134. The molecule has 106 valence electrons. The molecule has 1 aromatic carbocycles. The normalized spacial score (nSPS) is 22.6. The lowest BCUT2D eigenvalue weighted by Crippen LogP contribution is -2.56. The Labute approximate surface area is 118 Å². The Morgan fingerprint density at radius 1 is 1.20 bits per heavy atom. The molecule has 1 unspecified atom stereocenters.